The van der Waals surface area contributed by atoms with Crippen molar-refractivity contribution in [3.63, 3.8) is 0 Å². The summed E-state index contributed by atoms with van der Waals surface area (Å²) in [6.45, 7) is 1.71. The second-order valence-electron chi connectivity index (χ2n) is 3.52. The Labute approximate surface area is 82.2 Å². The Morgan fingerprint density at radius 3 is 2.64 bits per heavy atom. The van der Waals surface area contributed by atoms with Crippen LogP contribution in [-0.2, 0) is 7.05 Å². The van der Waals surface area contributed by atoms with Gasteiger partial charge in [-0.3, -0.25) is 0 Å². The third-order valence-corrected chi connectivity index (χ3v) is 2.50. The minimum atomic E-state index is -0.521. The van der Waals surface area contributed by atoms with Gasteiger partial charge in [-0.25, -0.2) is 0 Å². The first-order chi connectivity index (χ1) is 6.61. The Balaban J connectivity index is 2.81. The second kappa shape index (κ2) is 3.03. The number of aliphatic hydroxyl groups excluding tert-OH is 1. The van der Waals surface area contributed by atoms with Gasteiger partial charge in [0.2, 0.25) is 0 Å². The van der Waals surface area contributed by atoms with Gasteiger partial charge in [0.25, 0.3) is 0 Å². The first-order valence-corrected chi connectivity index (χ1v) is 4.56. The molecule has 0 aliphatic rings. The second-order valence-corrected chi connectivity index (χ2v) is 3.52. The lowest BCUT2D eigenvalue weighted by Gasteiger charge is -2.06. The van der Waals surface area contributed by atoms with Crippen LogP contribution in [0.5, 0.6) is 5.75 Å². The minimum absolute atomic E-state index is 0.247. The molecule has 0 bridgehead atoms. The van der Waals surface area contributed by atoms with Gasteiger partial charge in [0, 0.05) is 18.1 Å². The highest BCUT2D eigenvalue weighted by Gasteiger charge is 2.11. The topological polar surface area (TPSA) is 45.4 Å². The maximum atomic E-state index is 9.64. The van der Waals surface area contributed by atoms with E-state index in [-0.39, 0.29) is 5.75 Å². The van der Waals surface area contributed by atoms with Gasteiger partial charge in [-0.15, -0.1) is 0 Å². The minimum Gasteiger partial charge on any atom is -0.506 e. The van der Waals surface area contributed by atoms with E-state index >= 15 is 0 Å². The van der Waals surface area contributed by atoms with Gasteiger partial charge in [-0.05, 0) is 19.1 Å². The third kappa shape index (κ3) is 1.17. The molecule has 0 aliphatic carbocycles. The first kappa shape index (κ1) is 9.09. The molecule has 14 heavy (non-hydrogen) atoms. The molecule has 1 aromatic carbocycles. The molecule has 3 heteroatoms. The summed E-state index contributed by atoms with van der Waals surface area (Å²) < 4.78 is 1.81. The van der Waals surface area contributed by atoms with Crippen molar-refractivity contribution >= 4 is 10.9 Å². The average Bonchev–Trinajstić information content (AvgIpc) is 2.45. The zero-order valence-electron chi connectivity index (χ0n) is 8.23. The number of hydrogen-bond acceptors (Lipinski definition) is 2. The molecule has 1 heterocycles. The van der Waals surface area contributed by atoms with Gasteiger partial charge < -0.3 is 14.8 Å². The molecule has 2 N–H and O–H groups in total. The van der Waals surface area contributed by atoms with E-state index in [9.17, 15) is 10.2 Å². The van der Waals surface area contributed by atoms with Crippen LogP contribution in [0.15, 0.2) is 24.3 Å². The molecule has 2 rings (SSSR count). The molecule has 1 unspecified atom stereocenters. The van der Waals surface area contributed by atoms with Gasteiger partial charge in [0.1, 0.15) is 5.75 Å². The van der Waals surface area contributed by atoms with Gasteiger partial charge >= 0.3 is 0 Å². The van der Waals surface area contributed by atoms with Crippen molar-refractivity contribution in [1.82, 2.24) is 4.57 Å². The summed E-state index contributed by atoms with van der Waals surface area (Å²) in [5.41, 5.74) is 1.57. The summed E-state index contributed by atoms with van der Waals surface area (Å²) in [6.07, 6.45) is -0.521. The van der Waals surface area contributed by atoms with Crippen molar-refractivity contribution in [2.45, 2.75) is 13.0 Å². The van der Waals surface area contributed by atoms with E-state index in [4.69, 9.17) is 0 Å². The van der Waals surface area contributed by atoms with E-state index < -0.39 is 6.10 Å². The monoisotopic (exact) mass is 191 g/mol. The smallest absolute Gasteiger partial charge is 0.139 e. The number of phenols is 1. The molecule has 0 saturated carbocycles. The SMILES string of the molecule is CC(O)c1cc2cccc(O)c2n1C. The summed E-state index contributed by atoms with van der Waals surface area (Å²) in [4.78, 5) is 0. The van der Waals surface area contributed by atoms with E-state index in [1.807, 2.05) is 23.7 Å². The number of phenolic OH excluding ortho intramolecular Hbond substituents is 1. The van der Waals surface area contributed by atoms with Crippen LogP contribution in [0.4, 0.5) is 0 Å². The van der Waals surface area contributed by atoms with E-state index in [0.717, 1.165) is 16.6 Å². The highest BCUT2D eigenvalue weighted by Crippen LogP contribution is 2.29. The lowest BCUT2D eigenvalue weighted by molar-refractivity contribution is 0.191. The van der Waals surface area contributed by atoms with Crippen molar-refractivity contribution in [3.05, 3.63) is 30.0 Å². The van der Waals surface area contributed by atoms with Crippen LogP contribution < -0.4 is 0 Å². The van der Waals surface area contributed by atoms with Crippen LogP contribution in [0.1, 0.15) is 18.7 Å². The summed E-state index contributed by atoms with van der Waals surface area (Å²) >= 11 is 0. The van der Waals surface area contributed by atoms with E-state index in [2.05, 4.69) is 0 Å². The van der Waals surface area contributed by atoms with Crippen LogP contribution in [-0.4, -0.2) is 14.8 Å². The molecule has 2 aromatic rings. The zero-order chi connectivity index (χ0) is 10.3. The number of aryl methyl sites for hydroxylation is 1. The van der Waals surface area contributed by atoms with Crippen LogP contribution in [0.2, 0.25) is 0 Å². The van der Waals surface area contributed by atoms with E-state index in [1.165, 1.54) is 0 Å². The quantitative estimate of drug-likeness (QED) is 0.723. The number of benzene rings is 1. The molecule has 0 radical (unpaired) electrons. The van der Waals surface area contributed by atoms with Crippen molar-refractivity contribution in [1.29, 1.82) is 0 Å². The van der Waals surface area contributed by atoms with Crippen molar-refractivity contribution in [2.24, 2.45) is 7.05 Å². The Hall–Kier alpha value is -1.48. The summed E-state index contributed by atoms with van der Waals surface area (Å²) in [5.74, 6) is 0.247. The number of rotatable bonds is 1. The largest absolute Gasteiger partial charge is 0.506 e. The third-order valence-electron chi connectivity index (χ3n) is 2.50. The number of fused-ring (bicyclic) bond motifs is 1. The van der Waals surface area contributed by atoms with E-state index in [0.29, 0.717) is 0 Å². The molecule has 0 fully saturated rings. The maximum absolute atomic E-state index is 9.64. The Kier molecular flexibility index (Phi) is 1.97. The van der Waals surface area contributed by atoms with Gasteiger partial charge in [0.15, 0.2) is 0 Å². The lowest BCUT2D eigenvalue weighted by atomic mass is 10.2. The molecule has 1 aromatic heterocycles. The lowest BCUT2D eigenvalue weighted by Crippen LogP contribution is -1.99. The molecule has 74 valence electrons. The number of aliphatic hydroxyl groups is 1. The molecule has 1 atom stereocenters. The van der Waals surface area contributed by atoms with Gasteiger partial charge in [0.05, 0.1) is 11.6 Å². The van der Waals surface area contributed by atoms with Crippen molar-refractivity contribution < 1.29 is 10.2 Å². The number of hydrogen-bond donors (Lipinski definition) is 2. The number of aromatic nitrogens is 1. The Morgan fingerprint density at radius 1 is 1.36 bits per heavy atom. The van der Waals surface area contributed by atoms with Crippen LogP contribution in [0.3, 0.4) is 0 Å². The number of aromatic hydroxyl groups is 1. The fourth-order valence-electron chi connectivity index (χ4n) is 1.82. The van der Waals surface area contributed by atoms with Crippen LogP contribution in [0.25, 0.3) is 10.9 Å². The van der Waals surface area contributed by atoms with Gasteiger partial charge in [-0.2, -0.15) is 0 Å². The van der Waals surface area contributed by atoms with Gasteiger partial charge in [-0.1, -0.05) is 12.1 Å². The summed E-state index contributed by atoms with van der Waals surface area (Å²) in [5, 5.41) is 20.1. The maximum Gasteiger partial charge on any atom is 0.139 e. The normalized spacial score (nSPS) is 13.4. The standard InChI is InChI=1S/C11H13NO2/c1-7(13)9-6-8-4-3-5-10(14)11(8)12(9)2/h3-7,13-14H,1-2H3. The molecule has 3 nitrogen and oxygen atoms in total. The Morgan fingerprint density at radius 2 is 2.07 bits per heavy atom. The van der Waals surface area contributed by atoms with Crippen LogP contribution >= 0.6 is 0 Å². The highest BCUT2D eigenvalue weighted by molar-refractivity contribution is 5.86. The highest BCUT2D eigenvalue weighted by atomic mass is 16.3. The molecular formula is C11H13NO2. The summed E-state index contributed by atoms with van der Waals surface area (Å²) in [6, 6.07) is 7.25. The molecule has 0 amide bonds. The first-order valence-electron chi connectivity index (χ1n) is 4.56. The Bertz CT molecular complexity index is 471. The molecule has 0 saturated heterocycles. The summed E-state index contributed by atoms with van der Waals surface area (Å²) in [7, 11) is 1.84. The molecular weight excluding hydrogens is 178 g/mol. The fraction of sp³-hybridized carbons (Fsp3) is 0.273. The molecule has 0 spiro atoms. The fourth-order valence-corrected chi connectivity index (χ4v) is 1.82. The zero-order valence-corrected chi connectivity index (χ0v) is 8.23. The number of para-hydroxylation sites is 1. The van der Waals surface area contributed by atoms with Crippen molar-refractivity contribution in [2.75, 3.05) is 0 Å². The average molecular weight is 191 g/mol. The van der Waals surface area contributed by atoms with Crippen molar-refractivity contribution in [3.8, 4) is 5.75 Å². The predicted octanol–water partition coefficient (Wildman–Crippen LogP) is 1.94. The predicted molar refractivity (Wildman–Crippen MR) is 55.2 cm³/mol. The van der Waals surface area contributed by atoms with E-state index in [1.54, 1.807) is 19.1 Å². The molecule has 0 aliphatic heterocycles. The van der Waals surface area contributed by atoms with Crippen LogP contribution in [0, 0.1) is 0 Å². The number of nitrogens with zero attached hydrogens (tertiary/aromatic N) is 1.